The summed E-state index contributed by atoms with van der Waals surface area (Å²) in [4.78, 5) is 16.0. The molecule has 2 aromatic carbocycles. The first-order valence-corrected chi connectivity index (χ1v) is 9.58. The molecule has 4 aromatic rings. The van der Waals surface area contributed by atoms with Gasteiger partial charge in [-0.15, -0.1) is 0 Å². The summed E-state index contributed by atoms with van der Waals surface area (Å²) in [6.45, 7) is 3.69. The summed E-state index contributed by atoms with van der Waals surface area (Å²) >= 11 is 0. The summed E-state index contributed by atoms with van der Waals surface area (Å²) < 4.78 is 0. The molecule has 0 bridgehead atoms. The lowest BCUT2D eigenvalue weighted by molar-refractivity contribution is 0.0847. The van der Waals surface area contributed by atoms with Crippen molar-refractivity contribution in [2.75, 3.05) is 6.61 Å². The van der Waals surface area contributed by atoms with Gasteiger partial charge in [0.2, 0.25) is 0 Å². The van der Waals surface area contributed by atoms with Crippen molar-refractivity contribution in [3.05, 3.63) is 77.6 Å². The molecule has 4 N–H and O–H groups in total. The van der Waals surface area contributed by atoms with Gasteiger partial charge >= 0.3 is 0 Å². The molecule has 6 nitrogen and oxygen atoms in total. The molecule has 0 aliphatic carbocycles. The van der Waals surface area contributed by atoms with Gasteiger partial charge in [-0.2, -0.15) is 5.10 Å². The van der Waals surface area contributed by atoms with Crippen LogP contribution in [-0.4, -0.2) is 38.3 Å². The molecular formula is C23H24N4O2. The number of hydrogen-bond donors (Lipinski definition) is 4. The van der Waals surface area contributed by atoms with Gasteiger partial charge in [-0.05, 0) is 38.0 Å². The Bertz CT molecular complexity index is 1140. The summed E-state index contributed by atoms with van der Waals surface area (Å²) in [5.74, 6) is -0.299. The van der Waals surface area contributed by atoms with Gasteiger partial charge in [-0.1, -0.05) is 48.0 Å². The fourth-order valence-electron chi connectivity index (χ4n) is 3.50. The predicted molar refractivity (Wildman–Crippen MR) is 114 cm³/mol. The number of carbonyl (C=O) groups is 1. The number of amides is 1. The molecule has 0 spiro atoms. The summed E-state index contributed by atoms with van der Waals surface area (Å²) in [7, 11) is 0. The van der Waals surface area contributed by atoms with Crippen molar-refractivity contribution in [1.29, 1.82) is 0 Å². The monoisotopic (exact) mass is 388 g/mol. The Morgan fingerprint density at radius 2 is 1.93 bits per heavy atom. The highest BCUT2D eigenvalue weighted by molar-refractivity contribution is 5.97. The maximum atomic E-state index is 12.8. The lowest BCUT2D eigenvalue weighted by Crippen LogP contribution is -2.50. The third-order valence-electron chi connectivity index (χ3n) is 5.17. The van der Waals surface area contributed by atoms with E-state index in [4.69, 9.17) is 0 Å². The standard InChI is InChI=1S/C23H24N4O2/c1-15-7-9-16(10-8-15)12-23(2,14-28)25-22(29)21-11-20(26-27-21)18-13-24-19-6-4-3-5-17(18)19/h3-11,13,24,28H,12,14H2,1-2H3,(H,25,29)(H,26,27). The molecule has 148 valence electrons. The van der Waals surface area contributed by atoms with Gasteiger partial charge < -0.3 is 15.4 Å². The Hall–Kier alpha value is -3.38. The number of nitrogens with one attached hydrogen (secondary N) is 3. The molecule has 2 aromatic heterocycles. The van der Waals surface area contributed by atoms with Crippen LogP contribution in [0.1, 0.15) is 28.5 Å². The van der Waals surface area contributed by atoms with Crippen LogP contribution < -0.4 is 5.32 Å². The number of H-pyrrole nitrogens is 2. The van der Waals surface area contributed by atoms with E-state index >= 15 is 0 Å². The minimum absolute atomic E-state index is 0.171. The van der Waals surface area contributed by atoms with E-state index in [9.17, 15) is 9.90 Å². The van der Waals surface area contributed by atoms with Gasteiger partial charge in [0.15, 0.2) is 0 Å². The second-order valence-electron chi connectivity index (χ2n) is 7.75. The van der Waals surface area contributed by atoms with E-state index in [0.29, 0.717) is 17.8 Å². The second-order valence-corrected chi connectivity index (χ2v) is 7.75. The number of fused-ring (bicyclic) bond motifs is 1. The van der Waals surface area contributed by atoms with E-state index in [-0.39, 0.29) is 12.5 Å². The molecule has 1 atom stereocenters. The Labute approximate surface area is 169 Å². The number of aliphatic hydroxyl groups excluding tert-OH is 1. The average molecular weight is 388 g/mol. The number of hydrogen-bond acceptors (Lipinski definition) is 3. The molecule has 0 aliphatic rings. The minimum atomic E-state index is -0.779. The molecule has 1 unspecified atom stereocenters. The fourth-order valence-corrected chi connectivity index (χ4v) is 3.50. The topological polar surface area (TPSA) is 93.8 Å². The lowest BCUT2D eigenvalue weighted by Gasteiger charge is -2.28. The number of benzene rings is 2. The van der Waals surface area contributed by atoms with Crippen molar-refractivity contribution in [3.8, 4) is 11.3 Å². The number of aromatic amines is 2. The van der Waals surface area contributed by atoms with Crippen molar-refractivity contribution in [1.82, 2.24) is 20.5 Å². The number of aliphatic hydroxyl groups is 1. The second kappa shape index (κ2) is 7.56. The van der Waals surface area contributed by atoms with Crippen molar-refractivity contribution in [2.24, 2.45) is 0 Å². The highest BCUT2D eigenvalue weighted by Gasteiger charge is 2.27. The van der Waals surface area contributed by atoms with Gasteiger partial charge in [0.25, 0.3) is 5.91 Å². The Morgan fingerprint density at radius 3 is 2.69 bits per heavy atom. The molecule has 0 fully saturated rings. The molecule has 0 aliphatic heterocycles. The molecule has 2 heterocycles. The predicted octanol–water partition coefficient (Wildman–Crippen LogP) is 3.59. The molecule has 0 saturated heterocycles. The first-order chi connectivity index (χ1) is 14.0. The van der Waals surface area contributed by atoms with Crippen LogP contribution in [0.5, 0.6) is 0 Å². The van der Waals surface area contributed by atoms with E-state index in [1.165, 1.54) is 5.56 Å². The molecule has 6 heteroatoms. The van der Waals surface area contributed by atoms with Crippen LogP contribution in [0.4, 0.5) is 0 Å². The first-order valence-electron chi connectivity index (χ1n) is 9.58. The van der Waals surface area contributed by atoms with Crippen molar-refractivity contribution < 1.29 is 9.90 Å². The van der Waals surface area contributed by atoms with E-state index in [1.807, 2.05) is 68.6 Å². The summed E-state index contributed by atoms with van der Waals surface area (Å²) in [6, 6.07) is 17.8. The van der Waals surface area contributed by atoms with E-state index in [1.54, 1.807) is 6.07 Å². The van der Waals surface area contributed by atoms with Gasteiger partial charge in [-0.3, -0.25) is 9.89 Å². The minimum Gasteiger partial charge on any atom is -0.394 e. The molecule has 0 saturated carbocycles. The molecule has 29 heavy (non-hydrogen) atoms. The van der Waals surface area contributed by atoms with Crippen molar-refractivity contribution in [3.63, 3.8) is 0 Å². The normalized spacial score (nSPS) is 13.3. The van der Waals surface area contributed by atoms with Crippen LogP contribution in [0.15, 0.2) is 60.8 Å². The summed E-state index contributed by atoms with van der Waals surface area (Å²) in [6.07, 6.45) is 2.41. The zero-order valence-electron chi connectivity index (χ0n) is 16.5. The maximum Gasteiger partial charge on any atom is 0.269 e. The van der Waals surface area contributed by atoms with Crippen LogP contribution in [0.25, 0.3) is 22.2 Å². The van der Waals surface area contributed by atoms with Crippen LogP contribution >= 0.6 is 0 Å². The fraction of sp³-hybridized carbons (Fsp3) is 0.217. The number of rotatable bonds is 6. The smallest absolute Gasteiger partial charge is 0.269 e. The number of para-hydroxylation sites is 1. The van der Waals surface area contributed by atoms with Crippen molar-refractivity contribution in [2.45, 2.75) is 25.8 Å². The van der Waals surface area contributed by atoms with E-state index in [2.05, 4.69) is 20.5 Å². The molecule has 1 amide bonds. The molecule has 4 rings (SSSR count). The maximum absolute atomic E-state index is 12.8. The third-order valence-corrected chi connectivity index (χ3v) is 5.17. The summed E-state index contributed by atoms with van der Waals surface area (Å²) in [5.41, 5.74) is 4.44. The SMILES string of the molecule is Cc1ccc(CC(C)(CO)NC(=O)c2cc(-c3c[nH]c4ccccc34)n[nH]2)cc1. The largest absolute Gasteiger partial charge is 0.394 e. The Balaban J connectivity index is 1.53. The van der Waals surface area contributed by atoms with Crippen molar-refractivity contribution >= 4 is 16.8 Å². The van der Waals surface area contributed by atoms with E-state index < -0.39 is 5.54 Å². The zero-order chi connectivity index (χ0) is 20.4. The van der Waals surface area contributed by atoms with Gasteiger partial charge in [-0.25, -0.2) is 0 Å². The highest BCUT2D eigenvalue weighted by Crippen LogP contribution is 2.27. The Kier molecular flexibility index (Phi) is 4.94. The van der Waals surface area contributed by atoms with Gasteiger partial charge in [0, 0.05) is 22.7 Å². The van der Waals surface area contributed by atoms with Crippen LogP contribution in [0, 0.1) is 6.92 Å². The zero-order valence-corrected chi connectivity index (χ0v) is 16.5. The third kappa shape index (κ3) is 3.93. The van der Waals surface area contributed by atoms with Gasteiger partial charge in [0.1, 0.15) is 5.69 Å². The Morgan fingerprint density at radius 1 is 1.17 bits per heavy atom. The number of aryl methyl sites for hydroxylation is 1. The first kappa shape index (κ1) is 19.0. The van der Waals surface area contributed by atoms with E-state index in [0.717, 1.165) is 22.0 Å². The number of nitrogens with zero attached hydrogens (tertiary/aromatic N) is 1. The van der Waals surface area contributed by atoms with Crippen LogP contribution in [0.3, 0.4) is 0 Å². The van der Waals surface area contributed by atoms with Crippen LogP contribution in [0.2, 0.25) is 0 Å². The quantitative estimate of drug-likeness (QED) is 0.407. The molecular weight excluding hydrogens is 364 g/mol. The number of aromatic nitrogens is 3. The highest BCUT2D eigenvalue weighted by atomic mass is 16.3. The van der Waals surface area contributed by atoms with Gasteiger partial charge in [0.05, 0.1) is 17.8 Å². The summed E-state index contributed by atoms with van der Waals surface area (Å²) in [5, 5.41) is 21.1. The number of carbonyl (C=O) groups excluding carboxylic acids is 1. The van der Waals surface area contributed by atoms with Crippen LogP contribution in [-0.2, 0) is 6.42 Å². The lowest BCUT2D eigenvalue weighted by atomic mass is 9.93. The molecule has 0 radical (unpaired) electrons. The average Bonchev–Trinajstić information content (AvgIpc) is 3.36.